The number of thiophene rings is 1. The number of rotatable bonds is 8. The highest BCUT2D eigenvalue weighted by atomic mass is 32.2. The van der Waals surface area contributed by atoms with Gasteiger partial charge in [0, 0.05) is 22.7 Å². The number of nitrogens with zero attached hydrogens (tertiary/aromatic N) is 1. The van der Waals surface area contributed by atoms with Gasteiger partial charge in [-0.15, -0.1) is 11.3 Å². The number of amides is 1. The highest BCUT2D eigenvalue weighted by molar-refractivity contribution is 7.92. The van der Waals surface area contributed by atoms with Gasteiger partial charge in [-0.2, -0.15) is 0 Å². The van der Waals surface area contributed by atoms with Crippen LogP contribution in [0.25, 0.3) is 0 Å². The Morgan fingerprint density at radius 1 is 1.06 bits per heavy atom. The Kier molecular flexibility index (Phi) is 7.17. The highest BCUT2D eigenvalue weighted by Crippen LogP contribution is 2.28. The van der Waals surface area contributed by atoms with E-state index in [2.05, 4.69) is 26.4 Å². The number of anilines is 1. The third-order valence-corrected chi connectivity index (χ3v) is 8.33. The zero-order valence-electron chi connectivity index (χ0n) is 18.9. The topological polar surface area (TPSA) is 78.5 Å². The number of hydrogen-bond acceptors (Lipinski definition) is 5. The Morgan fingerprint density at radius 3 is 2.45 bits per heavy atom. The predicted molar refractivity (Wildman–Crippen MR) is 133 cm³/mol. The van der Waals surface area contributed by atoms with Crippen molar-refractivity contribution in [1.29, 1.82) is 0 Å². The van der Waals surface area contributed by atoms with Gasteiger partial charge in [-0.25, -0.2) is 8.42 Å². The monoisotopic (exact) mass is 483 g/mol. The SMILES string of the molecule is Cc1ccc(NS(=O)(=O)c2ccc(C)c(C(=O)NCC(c3cccs3)N3CCCC3)c2)cc1. The van der Waals surface area contributed by atoms with Crippen LogP contribution >= 0.6 is 11.3 Å². The molecule has 0 spiro atoms. The molecule has 1 atom stereocenters. The number of hydrogen-bond donors (Lipinski definition) is 2. The van der Waals surface area contributed by atoms with Crippen LogP contribution in [0.4, 0.5) is 5.69 Å². The molecule has 2 N–H and O–H groups in total. The molecule has 6 nitrogen and oxygen atoms in total. The maximum absolute atomic E-state index is 13.1. The van der Waals surface area contributed by atoms with Gasteiger partial charge in [0.1, 0.15) is 0 Å². The van der Waals surface area contributed by atoms with Crippen LogP contribution in [0.5, 0.6) is 0 Å². The molecule has 0 saturated carbocycles. The van der Waals surface area contributed by atoms with Gasteiger partial charge in [0.05, 0.1) is 10.9 Å². The molecule has 1 fully saturated rings. The van der Waals surface area contributed by atoms with Crippen molar-refractivity contribution in [2.75, 3.05) is 24.4 Å². The molecule has 1 aliphatic heterocycles. The predicted octanol–water partition coefficient (Wildman–Crippen LogP) is 4.73. The molecule has 0 radical (unpaired) electrons. The van der Waals surface area contributed by atoms with Crippen molar-refractivity contribution >= 4 is 33.0 Å². The third kappa shape index (κ3) is 5.63. The summed E-state index contributed by atoms with van der Waals surface area (Å²) in [7, 11) is -3.82. The molecule has 1 aromatic heterocycles. The lowest BCUT2D eigenvalue weighted by Crippen LogP contribution is -2.36. The first-order valence-electron chi connectivity index (χ1n) is 11.1. The van der Waals surface area contributed by atoms with Crippen molar-refractivity contribution in [3.8, 4) is 0 Å². The first-order valence-corrected chi connectivity index (χ1v) is 13.5. The van der Waals surface area contributed by atoms with Crippen LogP contribution in [0.2, 0.25) is 0 Å². The summed E-state index contributed by atoms with van der Waals surface area (Å²) in [6, 6.07) is 16.1. The molecule has 0 aliphatic carbocycles. The molecule has 1 amide bonds. The van der Waals surface area contributed by atoms with Gasteiger partial charge in [0.25, 0.3) is 15.9 Å². The molecule has 174 valence electrons. The second kappa shape index (κ2) is 10.1. The number of carbonyl (C=O) groups is 1. The van der Waals surface area contributed by atoms with Gasteiger partial charge >= 0.3 is 0 Å². The summed E-state index contributed by atoms with van der Waals surface area (Å²) in [6.45, 7) is 6.29. The molecule has 1 aliphatic rings. The summed E-state index contributed by atoms with van der Waals surface area (Å²) in [6.07, 6.45) is 2.34. The van der Waals surface area contributed by atoms with Crippen molar-refractivity contribution in [2.45, 2.75) is 37.6 Å². The normalized spacial score (nSPS) is 15.3. The van der Waals surface area contributed by atoms with Crippen molar-refractivity contribution in [3.63, 3.8) is 0 Å². The average Bonchev–Trinajstić information content (AvgIpc) is 3.50. The Labute approximate surface area is 199 Å². The van der Waals surface area contributed by atoms with E-state index < -0.39 is 10.0 Å². The smallest absolute Gasteiger partial charge is 0.261 e. The summed E-state index contributed by atoms with van der Waals surface area (Å²) in [4.78, 5) is 16.8. The fourth-order valence-corrected chi connectivity index (χ4v) is 6.02. The van der Waals surface area contributed by atoms with Crippen molar-refractivity contribution in [3.05, 3.63) is 81.5 Å². The second-order valence-electron chi connectivity index (χ2n) is 8.43. The number of carbonyl (C=O) groups excluding carboxylic acids is 1. The van der Waals surface area contributed by atoms with E-state index in [1.165, 1.54) is 29.9 Å². The van der Waals surface area contributed by atoms with Gasteiger partial charge < -0.3 is 5.32 Å². The van der Waals surface area contributed by atoms with Gasteiger partial charge in [0.15, 0.2) is 0 Å². The van der Waals surface area contributed by atoms with E-state index in [1.54, 1.807) is 29.5 Å². The van der Waals surface area contributed by atoms with Crippen molar-refractivity contribution < 1.29 is 13.2 Å². The van der Waals surface area contributed by atoms with Crippen molar-refractivity contribution in [2.24, 2.45) is 0 Å². The van der Waals surface area contributed by atoms with Crippen LogP contribution in [0.1, 0.15) is 45.2 Å². The Hall–Kier alpha value is -2.68. The number of benzene rings is 2. The maximum atomic E-state index is 13.1. The minimum Gasteiger partial charge on any atom is -0.350 e. The van der Waals surface area contributed by atoms with E-state index in [0.717, 1.165) is 24.2 Å². The lowest BCUT2D eigenvalue weighted by molar-refractivity contribution is 0.0937. The summed E-state index contributed by atoms with van der Waals surface area (Å²) < 4.78 is 28.4. The van der Waals surface area contributed by atoms with Crippen LogP contribution in [0.3, 0.4) is 0 Å². The Balaban J connectivity index is 1.50. The van der Waals surface area contributed by atoms with E-state index in [-0.39, 0.29) is 16.8 Å². The molecule has 1 unspecified atom stereocenters. The van der Waals surface area contributed by atoms with E-state index in [0.29, 0.717) is 17.8 Å². The van der Waals surface area contributed by atoms with Gasteiger partial charge in [0.2, 0.25) is 0 Å². The first-order chi connectivity index (χ1) is 15.8. The molecule has 3 aromatic rings. The fourth-order valence-electron chi connectivity index (χ4n) is 4.08. The summed E-state index contributed by atoms with van der Waals surface area (Å²) in [5.74, 6) is -0.263. The first kappa shape index (κ1) is 23.5. The van der Waals surface area contributed by atoms with Crippen LogP contribution < -0.4 is 10.0 Å². The maximum Gasteiger partial charge on any atom is 0.261 e. The number of likely N-dealkylation sites (tertiary alicyclic amines) is 1. The minimum atomic E-state index is -3.82. The van der Waals surface area contributed by atoms with Crippen LogP contribution in [-0.2, 0) is 10.0 Å². The Morgan fingerprint density at radius 2 is 1.79 bits per heavy atom. The Bertz CT molecular complexity index is 1200. The van der Waals surface area contributed by atoms with Crippen molar-refractivity contribution in [1.82, 2.24) is 10.2 Å². The zero-order chi connectivity index (χ0) is 23.4. The lowest BCUT2D eigenvalue weighted by atomic mass is 10.1. The largest absolute Gasteiger partial charge is 0.350 e. The molecule has 33 heavy (non-hydrogen) atoms. The lowest BCUT2D eigenvalue weighted by Gasteiger charge is -2.27. The average molecular weight is 484 g/mol. The van der Waals surface area contributed by atoms with Gasteiger partial charge in [-0.3, -0.25) is 14.4 Å². The van der Waals surface area contributed by atoms with Crippen LogP contribution in [0, 0.1) is 13.8 Å². The number of sulfonamides is 1. The number of aryl methyl sites for hydroxylation is 2. The van der Waals surface area contributed by atoms with Crippen LogP contribution in [-0.4, -0.2) is 38.9 Å². The second-order valence-corrected chi connectivity index (χ2v) is 11.1. The highest BCUT2D eigenvalue weighted by Gasteiger charge is 2.25. The minimum absolute atomic E-state index is 0.0631. The van der Waals surface area contributed by atoms with E-state index >= 15 is 0 Å². The quantitative estimate of drug-likeness (QED) is 0.485. The fraction of sp³-hybridized carbons (Fsp3) is 0.320. The van der Waals surface area contributed by atoms with Crippen LogP contribution in [0.15, 0.2) is 64.9 Å². The molecular formula is C25H29N3O3S2. The van der Waals surface area contributed by atoms with Gasteiger partial charge in [-0.1, -0.05) is 29.8 Å². The third-order valence-electron chi connectivity index (χ3n) is 5.98. The molecule has 1 saturated heterocycles. The summed E-state index contributed by atoms with van der Waals surface area (Å²) >= 11 is 1.70. The molecule has 2 heterocycles. The van der Waals surface area contributed by atoms with E-state index in [9.17, 15) is 13.2 Å². The summed E-state index contributed by atoms with van der Waals surface area (Å²) in [5, 5.41) is 5.11. The standard InChI is InChI=1S/C25H29N3O3S2/c1-18-7-10-20(11-8-18)27-33(30,31)21-12-9-19(2)22(16-21)25(29)26-17-23(24-6-5-15-32-24)28-13-3-4-14-28/h5-12,15-16,23,27H,3-4,13-14,17H2,1-2H3,(H,26,29). The summed E-state index contributed by atoms with van der Waals surface area (Å²) in [5.41, 5.74) is 2.63. The van der Waals surface area contributed by atoms with Gasteiger partial charge in [-0.05, 0) is 81.1 Å². The zero-order valence-corrected chi connectivity index (χ0v) is 20.5. The molecule has 0 bridgehead atoms. The molecule has 2 aromatic carbocycles. The molecule has 8 heteroatoms. The number of nitrogens with one attached hydrogen (secondary N) is 2. The van der Waals surface area contributed by atoms with E-state index in [1.807, 2.05) is 32.0 Å². The van der Waals surface area contributed by atoms with E-state index in [4.69, 9.17) is 0 Å². The molecular weight excluding hydrogens is 454 g/mol. The molecule has 4 rings (SSSR count).